The van der Waals surface area contributed by atoms with Gasteiger partial charge in [0.1, 0.15) is 24.2 Å². The monoisotopic (exact) mass is 375 g/mol. The lowest BCUT2D eigenvalue weighted by Gasteiger charge is -2.28. The Morgan fingerprint density at radius 1 is 1.15 bits per heavy atom. The lowest BCUT2D eigenvalue weighted by atomic mass is 10.0. The van der Waals surface area contributed by atoms with Crippen LogP contribution in [0, 0.1) is 5.82 Å². The number of aliphatic hydroxyl groups excluding tert-OH is 1. The first-order valence-electron chi connectivity index (χ1n) is 9.13. The molecule has 2 aromatic rings. The van der Waals surface area contributed by atoms with E-state index in [0.29, 0.717) is 6.54 Å². The molecular formula is C21H26FNO4. The van der Waals surface area contributed by atoms with Crippen LogP contribution in [0.15, 0.2) is 42.5 Å². The van der Waals surface area contributed by atoms with Crippen LogP contribution >= 0.6 is 0 Å². The average Bonchev–Trinajstić information content (AvgIpc) is 3.14. The third-order valence-electron chi connectivity index (χ3n) is 4.88. The van der Waals surface area contributed by atoms with Crippen molar-refractivity contribution in [2.45, 2.75) is 25.0 Å². The van der Waals surface area contributed by atoms with E-state index in [9.17, 15) is 9.50 Å². The Morgan fingerprint density at radius 2 is 1.96 bits per heavy atom. The molecule has 1 aliphatic heterocycles. The lowest BCUT2D eigenvalue weighted by Crippen LogP contribution is -2.35. The Balaban J connectivity index is 1.63. The molecule has 2 aromatic carbocycles. The fourth-order valence-corrected chi connectivity index (χ4v) is 3.56. The van der Waals surface area contributed by atoms with E-state index in [1.54, 1.807) is 32.4 Å². The van der Waals surface area contributed by atoms with Crippen LogP contribution in [-0.2, 0) is 0 Å². The highest BCUT2D eigenvalue weighted by Crippen LogP contribution is 2.38. The standard InChI is InChI=1S/C21H26FNO4/c1-25-16-9-10-17(21(12-16)26-2)19-7-5-11-23(19)13-15(24)14-27-20-8-4-3-6-18(20)22/h3-4,6,8-10,12,15,19,24H,5,7,11,13-14H2,1-2H3. The SMILES string of the molecule is COc1ccc(C2CCCN2CC(O)COc2ccccc2F)c(OC)c1. The number of rotatable bonds is 8. The molecule has 1 aliphatic rings. The van der Waals surface area contributed by atoms with Crippen LogP contribution in [0.4, 0.5) is 4.39 Å². The third kappa shape index (κ3) is 4.70. The molecule has 0 saturated carbocycles. The van der Waals surface area contributed by atoms with Gasteiger partial charge >= 0.3 is 0 Å². The number of hydrogen-bond donors (Lipinski definition) is 1. The number of halogens is 1. The van der Waals surface area contributed by atoms with Crippen molar-refractivity contribution in [1.82, 2.24) is 4.90 Å². The van der Waals surface area contributed by atoms with Gasteiger partial charge in [-0.05, 0) is 37.6 Å². The maximum absolute atomic E-state index is 13.6. The van der Waals surface area contributed by atoms with Crippen LogP contribution < -0.4 is 14.2 Å². The second kappa shape index (κ2) is 9.06. The maximum Gasteiger partial charge on any atom is 0.165 e. The minimum atomic E-state index is -0.713. The molecule has 3 rings (SSSR count). The van der Waals surface area contributed by atoms with Gasteiger partial charge in [0.2, 0.25) is 0 Å². The summed E-state index contributed by atoms with van der Waals surface area (Å²) in [6.07, 6.45) is 1.32. The summed E-state index contributed by atoms with van der Waals surface area (Å²) in [5.41, 5.74) is 1.08. The topological polar surface area (TPSA) is 51.2 Å². The Kier molecular flexibility index (Phi) is 6.53. The predicted octanol–water partition coefficient (Wildman–Crippen LogP) is 3.42. The summed E-state index contributed by atoms with van der Waals surface area (Å²) in [4.78, 5) is 2.22. The summed E-state index contributed by atoms with van der Waals surface area (Å²) in [7, 11) is 3.27. The van der Waals surface area contributed by atoms with Gasteiger partial charge in [-0.1, -0.05) is 18.2 Å². The van der Waals surface area contributed by atoms with Crippen molar-refractivity contribution in [3.8, 4) is 17.2 Å². The summed E-state index contributed by atoms with van der Waals surface area (Å²) < 4.78 is 29.9. The number of hydrogen-bond acceptors (Lipinski definition) is 5. The molecule has 0 radical (unpaired) electrons. The molecule has 1 fully saturated rings. The molecule has 0 bridgehead atoms. The van der Waals surface area contributed by atoms with Crippen molar-refractivity contribution in [1.29, 1.82) is 0 Å². The summed E-state index contributed by atoms with van der Waals surface area (Å²) in [5.74, 6) is 1.26. The number of para-hydroxylation sites is 1. The first-order chi connectivity index (χ1) is 13.1. The van der Waals surface area contributed by atoms with Crippen molar-refractivity contribution in [3.05, 3.63) is 53.8 Å². The highest BCUT2D eigenvalue weighted by Gasteiger charge is 2.30. The summed E-state index contributed by atoms with van der Waals surface area (Å²) in [6.45, 7) is 1.38. The summed E-state index contributed by atoms with van der Waals surface area (Å²) in [5, 5.41) is 10.4. The van der Waals surface area contributed by atoms with E-state index < -0.39 is 11.9 Å². The summed E-state index contributed by atoms with van der Waals surface area (Å²) in [6, 6.07) is 12.2. The van der Waals surface area contributed by atoms with E-state index in [2.05, 4.69) is 4.90 Å². The van der Waals surface area contributed by atoms with Crippen LogP contribution in [0.5, 0.6) is 17.2 Å². The largest absolute Gasteiger partial charge is 0.497 e. The highest BCUT2D eigenvalue weighted by molar-refractivity contribution is 5.42. The summed E-state index contributed by atoms with van der Waals surface area (Å²) >= 11 is 0. The number of nitrogens with zero attached hydrogens (tertiary/aromatic N) is 1. The van der Waals surface area contributed by atoms with Gasteiger partial charge in [-0.25, -0.2) is 4.39 Å². The van der Waals surface area contributed by atoms with Crippen molar-refractivity contribution >= 4 is 0 Å². The Hall–Kier alpha value is -2.31. The molecule has 1 saturated heterocycles. The van der Waals surface area contributed by atoms with Gasteiger partial charge in [0.15, 0.2) is 11.6 Å². The second-order valence-corrected chi connectivity index (χ2v) is 6.66. The fourth-order valence-electron chi connectivity index (χ4n) is 3.56. The molecule has 1 N–H and O–H groups in total. The molecule has 0 amide bonds. The van der Waals surface area contributed by atoms with Gasteiger partial charge in [-0.2, -0.15) is 0 Å². The van der Waals surface area contributed by atoms with Crippen LogP contribution in [-0.4, -0.2) is 50.0 Å². The van der Waals surface area contributed by atoms with Crippen LogP contribution in [0.2, 0.25) is 0 Å². The van der Waals surface area contributed by atoms with Gasteiger partial charge in [0.25, 0.3) is 0 Å². The van der Waals surface area contributed by atoms with Gasteiger partial charge < -0.3 is 19.3 Å². The van der Waals surface area contributed by atoms with Gasteiger partial charge in [0, 0.05) is 24.2 Å². The zero-order valence-corrected chi connectivity index (χ0v) is 15.7. The van der Waals surface area contributed by atoms with Crippen molar-refractivity contribution in [3.63, 3.8) is 0 Å². The number of ether oxygens (including phenoxy) is 3. The second-order valence-electron chi connectivity index (χ2n) is 6.66. The Bertz CT molecular complexity index is 755. The number of methoxy groups -OCH3 is 2. The number of β-amino-alcohol motifs (C(OH)–C–C–N with tert-alkyl or cyclic N) is 1. The Morgan fingerprint density at radius 3 is 2.70 bits per heavy atom. The van der Waals surface area contributed by atoms with Crippen LogP contribution in [0.25, 0.3) is 0 Å². The highest BCUT2D eigenvalue weighted by atomic mass is 19.1. The molecule has 27 heavy (non-hydrogen) atoms. The van der Waals surface area contributed by atoms with E-state index in [4.69, 9.17) is 14.2 Å². The maximum atomic E-state index is 13.6. The molecular weight excluding hydrogens is 349 g/mol. The molecule has 146 valence electrons. The lowest BCUT2D eigenvalue weighted by molar-refractivity contribution is 0.0622. The number of benzene rings is 2. The van der Waals surface area contributed by atoms with Gasteiger partial charge in [-0.15, -0.1) is 0 Å². The van der Waals surface area contributed by atoms with E-state index in [-0.39, 0.29) is 18.4 Å². The molecule has 0 aromatic heterocycles. The molecule has 6 heteroatoms. The molecule has 0 aliphatic carbocycles. The number of aliphatic hydroxyl groups is 1. The molecule has 5 nitrogen and oxygen atoms in total. The quantitative estimate of drug-likeness (QED) is 0.766. The normalized spacial score (nSPS) is 18.3. The fraction of sp³-hybridized carbons (Fsp3) is 0.429. The van der Waals surface area contributed by atoms with E-state index in [1.807, 2.05) is 18.2 Å². The molecule has 1 heterocycles. The van der Waals surface area contributed by atoms with Crippen LogP contribution in [0.3, 0.4) is 0 Å². The molecule has 2 atom stereocenters. The van der Waals surface area contributed by atoms with E-state index in [0.717, 1.165) is 36.4 Å². The van der Waals surface area contributed by atoms with Gasteiger partial charge in [-0.3, -0.25) is 4.90 Å². The minimum absolute atomic E-state index is 0.0455. The van der Waals surface area contributed by atoms with E-state index in [1.165, 1.54) is 6.07 Å². The average molecular weight is 375 g/mol. The van der Waals surface area contributed by atoms with E-state index >= 15 is 0 Å². The Labute approximate surface area is 159 Å². The molecule has 0 spiro atoms. The third-order valence-corrected chi connectivity index (χ3v) is 4.88. The zero-order chi connectivity index (χ0) is 19.2. The van der Waals surface area contributed by atoms with Crippen molar-refractivity contribution in [2.24, 2.45) is 0 Å². The van der Waals surface area contributed by atoms with Crippen LogP contribution in [0.1, 0.15) is 24.4 Å². The van der Waals surface area contributed by atoms with Crippen molar-refractivity contribution < 1.29 is 23.7 Å². The predicted molar refractivity (Wildman–Crippen MR) is 101 cm³/mol. The first kappa shape index (κ1) is 19.5. The number of likely N-dealkylation sites (tertiary alicyclic amines) is 1. The van der Waals surface area contributed by atoms with Crippen molar-refractivity contribution in [2.75, 3.05) is 33.9 Å². The molecule has 2 unspecified atom stereocenters. The van der Waals surface area contributed by atoms with Gasteiger partial charge in [0.05, 0.1) is 14.2 Å². The minimum Gasteiger partial charge on any atom is -0.497 e. The first-order valence-corrected chi connectivity index (χ1v) is 9.13. The smallest absolute Gasteiger partial charge is 0.165 e. The zero-order valence-electron chi connectivity index (χ0n) is 15.7.